The normalized spacial score (nSPS) is 24.9. The smallest absolute Gasteiger partial charge is 0.255 e. The summed E-state index contributed by atoms with van der Waals surface area (Å²) in [7, 11) is 1.58. The number of hydrogen-bond donors (Lipinski definition) is 4. The Hall–Kier alpha value is -5.65. The van der Waals surface area contributed by atoms with Crippen LogP contribution >= 0.6 is 23.2 Å². The Labute approximate surface area is 407 Å². The molecule has 4 N–H and O–H groups in total. The van der Waals surface area contributed by atoms with Gasteiger partial charge in [-0.15, -0.1) is 0 Å². The number of hydrogen-bond acceptors (Lipinski definition) is 9. The van der Waals surface area contributed by atoms with Crippen molar-refractivity contribution < 1.29 is 28.3 Å². The van der Waals surface area contributed by atoms with Crippen molar-refractivity contribution in [2.75, 3.05) is 48.8 Å². The van der Waals surface area contributed by atoms with E-state index in [9.17, 15) is 19.2 Å². The quantitative estimate of drug-likeness (QED) is 0.102. The van der Waals surface area contributed by atoms with Crippen LogP contribution in [0, 0.1) is 23.1 Å². The van der Waals surface area contributed by atoms with Crippen LogP contribution in [0.4, 0.5) is 21.5 Å². The molecule has 4 aromatic rings. The lowest BCUT2D eigenvalue weighted by Crippen LogP contribution is -2.58. The van der Waals surface area contributed by atoms with E-state index in [2.05, 4.69) is 84.5 Å². The highest BCUT2D eigenvalue weighted by Gasteiger charge is 2.61. The molecular formula is C53H58Cl2FN7O5. The van der Waals surface area contributed by atoms with Gasteiger partial charge in [-0.1, -0.05) is 80.1 Å². The number of piperazine rings is 1. The predicted molar refractivity (Wildman–Crippen MR) is 264 cm³/mol. The maximum absolute atomic E-state index is 16.4. The summed E-state index contributed by atoms with van der Waals surface area (Å²) in [5.74, 6) is 4.89. The molecule has 0 aromatic heterocycles. The van der Waals surface area contributed by atoms with Crippen molar-refractivity contribution in [3.8, 4) is 17.6 Å². The summed E-state index contributed by atoms with van der Waals surface area (Å²) in [6.45, 7) is 15.7. The summed E-state index contributed by atoms with van der Waals surface area (Å²) >= 11 is 13.0. The van der Waals surface area contributed by atoms with E-state index >= 15 is 4.39 Å². The van der Waals surface area contributed by atoms with E-state index in [1.165, 1.54) is 6.07 Å². The Balaban J connectivity index is 0.926. The number of ether oxygens (including phenoxy) is 1. The van der Waals surface area contributed by atoms with Crippen molar-refractivity contribution in [1.29, 1.82) is 0 Å². The predicted octanol–water partition coefficient (Wildman–Crippen LogP) is 8.11. The highest BCUT2D eigenvalue weighted by atomic mass is 35.5. The average Bonchev–Trinajstić information content (AvgIpc) is 3.94. The molecule has 356 valence electrons. The van der Waals surface area contributed by atoms with Gasteiger partial charge in [0.15, 0.2) is 0 Å². The number of fused-ring (bicyclic) bond motifs is 3. The van der Waals surface area contributed by atoms with Gasteiger partial charge < -0.3 is 30.5 Å². The van der Waals surface area contributed by atoms with E-state index in [-0.39, 0.29) is 53.2 Å². The minimum atomic E-state index is -0.847. The third-order valence-electron chi connectivity index (χ3n) is 14.6. The van der Waals surface area contributed by atoms with Crippen molar-refractivity contribution in [3.63, 3.8) is 0 Å². The van der Waals surface area contributed by atoms with Gasteiger partial charge in [0.05, 0.1) is 29.4 Å². The fraction of sp³-hybridized carbons (Fsp3) is 0.434. The summed E-state index contributed by atoms with van der Waals surface area (Å²) in [6, 6.07) is 20.4. The number of anilines is 3. The second-order valence-electron chi connectivity index (χ2n) is 20.6. The van der Waals surface area contributed by atoms with Crippen molar-refractivity contribution >= 4 is 63.9 Å². The van der Waals surface area contributed by atoms with Gasteiger partial charge in [-0.25, -0.2) is 4.39 Å². The first-order valence-corrected chi connectivity index (χ1v) is 24.1. The molecule has 6 atom stereocenters. The lowest BCUT2D eigenvalue weighted by Gasteiger charge is -2.46. The molecular weight excluding hydrogens is 905 g/mol. The number of methoxy groups -OCH3 is 1. The maximum atomic E-state index is 16.4. The molecule has 3 saturated heterocycles. The fourth-order valence-corrected chi connectivity index (χ4v) is 11.6. The average molecular weight is 963 g/mol. The summed E-state index contributed by atoms with van der Waals surface area (Å²) in [5.41, 5.74) is 4.35. The summed E-state index contributed by atoms with van der Waals surface area (Å²) in [6.07, 6.45) is 1.20. The van der Waals surface area contributed by atoms with Crippen LogP contribution in [-0.2, 0) is 26.3 Å². The standard InChI is InChI=1S/C53H58Cl2FN7O5/c1-30-27-61(52(5,6)21-20-31-10-8-11-34-36(31)28-63(50(34)67)41-18-19-44(64)60-48(41)65)22-23-62(30)33-15-17-39(42(25-33)68-7)58-49(66)47-45(35-12-9-13-38(55)46(35)56)53(43(59-47)26-51(2,3)4)29-57-40-24-32(54)14-16-37(40)53/h8-17,24-25,30,41,43,45,47,57,59H,18-19,22-23,26-29H2,1-7H3,(H,58,66)(H,60,64,65)/t30-,41?,43-,45-,47+,53-/m0/s1. The molecule has 0 aliphatic carbocycles. The largest absolute Gasteiger partial charge is 0.494 e. The van der Waals surface area contributed by atoms with Gasteiger partial charge in [0, 0.05) is 96.2 Å². The van der Waals surface area contributed by atoms with Crippen LogP contribution in [0.15, 0.2) is 72.8 Å². The van der Waals surface area contributed by atoms with E-state index in [0.29, 0.717) is 60.1 Å². The van der Waals surface area contributed by atoms with Gasteiger partial charge in [-0.3, -0.25) is 29.4 Å². The minimum absolute atomic E-state index is 0.00224. The van der Waals surface area contributed by atoms with Gasteiger partial charge in [-0.2, -0.15) is 0 Å². The van der Waals surface area contributed by atoms with E-state index in [1.54, 1.807) is 30.2 Å². The van der Waals surface area contributed by atoms with Crippen LogP contribution in [0.2, 0.25) is 10.0 Å². The molecule has 5 heterocycles. The third kappa shape index (κ3) is 8.59. The molecule has 12 nitrogen and oxygen atoms in total. The highest BCUT2D eigenvalue weighted by Crippen LogP contribution is 2.57. The first-order valence-electron chi connectivity index (χ1n) is 23.3. The molecule has 1 unspecified atom stereocenters. The maximum Gasteiger partial charge on any atom is 0.255 e. The minimum Gasteiger partial charge on any atom is -0.494 e. The Morgan fingerprint density at radius 1 is 0.985 bits per heavy atom. The molecule has 68 heavy (non-hydrogen) atoms. The molecule has 4 amide bonds. The first kappa shape index (κ1) is 47.4. The summed E-state index contributed by atoms with van der Waals surface area (Å²) in [5, 5.41) is 13.4. The zero-order valence-corrected chi connectivity index (χ0v) is 41.0. The summed E-state index contributed by atoms with van der Waals surface area (Å²) < 4.78 is 22.3. The van der Waals surface area contributed by atoms with E-state index in [4.69, 9.17) is 27.9 Å². The lowest BCUT2D eigenvalue weighted by atomic mass is 9.63. The Morgan fingerprint density at radius 2 is 1.76 bits per heavy atom. The van der Waals surface area contributed by atoms with Crippen LogP contribution in [-0.4, -0.2) is 96.4 Å². The van der Waals surface area contributed by atoms with Gasteiger partial charge in [0.2, 0.25) is 17.7 Å². The van der Waals surface area contributed by atoms with Crippen molar-refractivity contribution in [2.24, 2.45) is 5.41 Å². The molecule has 0 radical (unpaired) electrons. The summed E-state index contributed by atoms with van der Waals surface area (Å²) in [4.78, 5) is 59.0. The van der Waals surface area contributed by atoms with Crippen molar-refractivity contribution in [3.05, 3.63) is 116 Å². The molecule has 5 aliphatic rings. The third-order valence-corrected chi connectivity index (χ3v) is 15.2. The van der Waals surface area contributed by atoms with Crippen molar-refractivity contribution in [1.82, 2.24) is 20.4 Å². The topological polar surface area (TPSA) is 135 Å². The van der Waals surface area contributed by atoms with Crippen LogP contribution in [0.5, 0.6) is 5.75 Å². The molecule has 15 heteroatoms. The van der Waals surface area contributed by atoms with E-state index in [0.717, 1.165) is 34.6 Å². The van der Waals surface area contributed by atoms with Gasteiger partial charge in [0.1, 0.15) is 17.6 Å². The number of rotatable bonds is 8. The van der Waals surface area contributed by atoms with E-state index in [1.807, 2.05) is 48.5 Å². The Morgan fingerprint density at radius 3 is 2.50 bits per heavy atom. The second kappa shape index (κ2) is 18.0. The fourth-order valence-electron chi connectivity index (χ4n) is 11.3. The Kier molecular flexibility index (Phi) is 12.6. The number of imide groups is 1. The lowest BCUT2D eigenvalue weighted by molar-refractivity contribution is -0.137. The van der Waals surface area contributed by atoms with E-state index < -0.39 is 40.7 Å². The zero-order valence-electron chi connectivity index (χ0n) is 39.5. The van der Waals surface area contributed by atoms with Gasteiger partial charge >= 0.3 is 0 Å². The number of nitrogens with zero attached hydrogens (tertiary/aromatic N) is 3. The van der Waals surface area contributed by atoms with Gasteiger partial charge in [-0.05, 0) is 98.2 Å². The number of nitrogens with one attached hydrogen (secondary N) is 4. The molecule has 5 aliphatic heterocycles. The van der Waals surface area contributed by atoms with Crippen LogP contribution in [0.25, 0.3) is 0 Å². The number of halogens is 3. The molecule has 9 rings (SSSR count). The number of amides is 4. The zero-order chi connectivity index (χ0) is 48.4. The molecule has 4 aromatic carbocycles. The van der Waals surface area contributed by atoms with Crippen LogP contribution in [0.1, 0.15) is 99.3 Å². The number of piperidine rings is 1. The first-order chi connectivity index (χ1) is 32.3. The molecule has 0 bridgehead atoms. The van der Waals surface area contributed by atoms with Crippen LogP contribution in [0.3, 0.4) is 0 Å². The Bertz CT molecular complexity index is 2780. The molecule has 0 saturated carbocycles. The monoisotopic (exact) mass is 961 g/mol. The van der Waals surface area contributed by atoms with Crippen molar-refractivity contribution in [2.45, 2.75) is 108 Å². The number of carbonyl (C=O) groups excluding carboxylic acids is 4. The molecule has 3 fully saturated rings. The second-order valence-corrected chi connectivity index (χ2v) is 21.4. The van der Waals surface area contributed by atoms with Crippen LogP contribution < -0.4 is 30.9 Å². The number of carbonyl (C=O) groups is 4. The highest BCUT2D eigenvalue weighted by molar-refractivity contribution is 6.31. The number of benzene rings is 4. The van der Waals surface area contributed by atoms with Gasteiger partial charge in [0.25, 0.3) is 5.91 Å². The molecule has 1 spiro atoms. The SMILES string of the molecule is COc1cc(N2CCN(C(C)(C)C#Cc3cccc4c3CN(C3CCC(=O)NC3=O)C4=O)C[C@@H]2C)ccc1NC(=O)[C@@H]1N[C@@H](CC(C)(C)C)[C@@]2(CNc3cc(Cl)ccc32)[C@H]1c1cccc(Cl)c1F.